The molecule has 110 valence electrons. The molecule has 7 heteroatoms. The van der Waals surface area contributed by atoms with Crippen molar-refractivity contribution < 1.29 is 13.2 Å². The molecule has 0 aliphatic carbocycles. The van der Waals surface area contributed by atoms with E-state index in [0.29, 0.717) is 17.2 Å². The zero-order chi connectivity index (χ0) is 15.0. The topological polar surface area (TPSA) is 47.1 Å². The van der Waals surface area contributed by atoms with E-state index in [1.165, 1.54) is 9.58 Å². The van der Waals surface area contributed by atoms with Crippen molar-refractivity contribution in [2.24, 2.45) is 7.05 Å². The van der Waals surface area contributed by atoms with E-state index >= 15 is 0 Å². The molecule has 0 saturated carbocycles. The molecule has 0 aromatic carbocycles. The Bertz CT molecular complexity index is 435. The normalized spacial score (nSPS) is 12.5. The summed E-state index contributed by atoms with van der Waals surface area (Å²) in [6.45, 7) is 6.18. The second-order valence-electron chi connectivity index (χ2n) is 5.24. The first-order valence-corrected chi connectivity index (χ1v) is 6.20. The van der Waals surface area contributed by atoms with Crippen LogP contribution in [0.15, 0.2) is 0 Å². The number of nitrogen functional groups attached to an aromatic ring is 1. The quantitative estimate of drug-likeness (QED) is 0.921. The van der Waals surface area contributed by atoms with E-state index in [1.807, 2.05) is 13.8 Å². The highest BCUT2D eigenvalue weighted by Crippen LogP contribution is 2.33. The van der Waals surface area contributed by atoms with Crippen molar-refractivity contribution >= 4 is 11.5 Å². The number of nitrogens with zero attached hydrogens (tertiary/aromatic N) is 3. The van der Waals surface area contributed by atoms with Crippen LogP contribution in [-0.2, 0) is 7.05 Å². The zero-order valence-corrected chi connectivity index (χ0v) is 11.9. The maximum absolute atomic E-state index is 12.7. The summed E-state index contributed by atoms with van der Waals surface area (Å²) in [5.41, 5.74) is 6.93. The van der Waals surface area contributed by atoms with E-state index in [2.05, 4.69) is 5.10 Å². The summed E-state index contributed by atoms with van der Waals surface area (Å²) in [7, 11) is 1.61. The van der Waals surface area contributed by atoms with Crippen molar-refractivity contribution in [1.29, 1.82) is 0 Å². The van der Waals surface area contributed by atoms with Crippen molar-refractivity contribution in [2.45, 2.75) is 45.8 Å². The van der Waals surface area contributed by atoms with Crippen molar-refractivity contribution in [3.8, 4) is 0 Å². The van der Waals surface area contributed by atoms with E-state index in [0.717, 1.165) is 0 Å². The van der Waals surface area contributed by atoms with Crippen LogP contribution in [0.4, 0.5) is 24.7 Å². The Morgan fingerprint density at radius 2 is 1.79 bits per heavy atom. The van der Waals surface area contributed by atoms with Gasteiger partial charge in [0.2, 0.25) is 0 Å². The number of aromatic nitrogens is 2. The molecule has 2 N–H and O–H groups in total. The molecule has 4 nitrogen and oxygen atoms in total. The molecule has 0 amide bonds. The largest absolute Gasteiger partial charge is 0.405 e. The molecule has 0 saturated heterocycles. The lowest BCUT2D eigenvalue weighted by molar-refractivity contribution is -0.120. The third-order valence-electron chi connectivity index (χ3n) is 2.87. The average molecular weight is 278 g/mol. The third-order valence-corrected chi connectivity index (χ3v) is 2.87. The van der Waals surface area contributed by atoms with Crippen molar-refractivity contribution in [2.75, 3.05) is 17.2 Å². The fraction of sp³-hybridized carbons (Fsp3) is 0.750. The first-order chi connectivity index (χ1) is 8.54. The second kappa shape index (κ2) is 5.30. The molecule has 0 spiro atoms. The molecular weight excluding hydrogens is 257 g/mol. The lowest BCUT2D eigenvalue weighted by Crippen LogP contribution is -2.40. The Morgan fingerprint density at radius 3 is 2.11 bits per heavy atom. The van der Waals surface area contributed by atoms with Gasteiger partial charge >= 0.3 is 6.18 Å². The van der Waals surface area contributed by atoms with Crippen LogP contribution in [0.2, 0.25) is 0 Å². The summed E-state index contributed by atoms with van der Waals surface area (Å²) in [4.78, 5) is 1.23. The van der Waals surface area contributed by atoms with E-state index in [1.54, 1.807) is 20.9 Å². The fourth-order valence-corrected chi connectivity index (χ4v) is 2.01. The SMILES string of the molecule is CC(C)c1nn(C)c(N(CC(F)(F)F)C(C)C)c1N. The Balaban J connectivity index is 3.24. The Hall–Kier alpha value is -1.40. The summed E-state index contributed by atoms with van der Waals surface area (Å²) in [5, 5.41) is 4.23. The Kier molecular flexibility index (Phi) is 4.37. The monoisotopic (exact) mass is 278 g/mol. The summed E-state index contributed by atoms with van der Waals surface area (Å²) in [6.07, 6.45) is -4.28. The summed E-state index contributed by atoms with van der Waals surface area (Å²) in [6, 6.07) is -0.320. The molecule has 1 aromatic heterocycles. The maximum atomic E-state index is 12.7. The molecule has 19 heavy (non-hydrogen) atoms. The van der Waals surface area contributed by atoms with Crippen LogP contribution in [0.1, 0.15) is 39.3 Å². The number of hydrogen-bond donors (Lipinski definition) is 1. The van der Waals surface area contributed by atoms with Gasteiger partial charge in [-0.15, -0.1) is 0 Å². The Labute approximate surface area is 111 Å². The maximum Gasteiger partial charge on any atom is 0.405 e. The second-order valence-corrected chi connectivity index (χ2v) is 5.24. The number of hydrogen-bond acceptors (Lipinski definition) is 3. The van der Waals surface area contributed by atoms with Crippen LogP contribution < -0.4 is 10.6 Å². The summed E-state index contributed by atoms with van der Waals surface area (Å²) < 4.78 is 39.4. The van der Waals surface area contributed by atoms with Gasteiger partial charge in [0.15, 0.2) is 5.82 Å². The molecule has 0 radical (unpaired) electrons. The van der Waals surface area contributed by atoms with Gasteiger partial charge in [0.25, 0.3) is 0 Å². The molecule has 0 aliphatic rings. The van der Waals surface area contributed by atoms with Crippen LogP contribution in [-0.4, -0.2) is 28.5 Å². The number of halogens is 3. The molecule has 1 heterocycles. The molecule has 0 atom stereocenters. The van der Waals surface area contributed by atoms with Gasteiger partial charge in [-0.25, -0.2) is 0 Å². The number of alkyl halides is 3. The number of aryl methyl sites for hydroxylation is 1. The predicted octanol–water partition coefficient (Wildman–Crippen LogP) is 2.90. The van der Waals surface area contributed by atoms with E-state index < -0.39 is 12.7 Å². The average Bonchev–Trinajstić information content (AvgIpc) is 2.50. The van der Waals surface area contributed by atoms with Gasteiger partial charge in [0.1, 0.15) is 6.54 Å². The molecule has 1 aromatic rings. The highest BCUT2D eigenvalue weighted by Gasteiger charge is 2.34. The highest BCUT2D eigenvalue weighted by atomic mass is 19.4. The van der Waals surface area contributed by atoms with Crippen LogP contribution in [0.5, 0.6) is 0 Å². The van der Waals surface area contributed by atoms with Crippen LogP contribution in [0, 0.1) is 0 Å². The smallest absolute Gasteiger partial charge is 0.394 e. The lowest BCUT2D eigenvalue weighted by Gasteiger charge is -2.30. The molecule has 1 rings (SSSR count). The standard InChI is InChI=1S/C12H21F3N4/c1-7(2)10-9(16)11(18(5)17-10)19(8(3)4)6-12(13,14)15/h7-8H,6,16H2,1-5H3. The van der Waals surface area contributed by atoms with Crippen LogP contribution in [0.3, 0.4) is 0 Å². The van der Waals surface area contributed by atoms with E-state index in [9.17, 15) is 13.2 Å². The Morgan fingerprint density at radius 1 is 1.26 bits per heavy atom. The zero-order valence-electron chi connectivity index (χ0n) is 11.9. The summed E-state index contributed by atoms with van der Waals surface area (Å²) in [5.74, 6) is 0.399. The third kappa shape index (κ3) is 3.54. The van der Waals surface area contributed by atoms with Gasteiger partial charge in [0, 0.05) is 13.1 Å². The highest BCUT2D eigenvalue weighted by molar-refractivity contribution is 5.67. The van der Waals surface area contributed by atoms with Crippen molar-refractivity contribution in [3.63, 3.8) is 0 Å². The molecule has 0 unspecified atom stereocenters. The predicted molar refractivity (Wildman–Crippen MR) is 70.2 cm³/mol. The first kappa shape index (κ1) is 15.7. The van der Waals surface area contributed by atoms with E-state index in [4.69, 9.17) is 5.73 Å². The van der Waals surface area contributed by atoms with Crippen molar-refractivity contribution in [3.05, 3.63) is 5.69 Å². The lowest BCUT2D eigenvalue weighted by atomic mass is 10.1. The van der Waals surface area contributed by atoms with Gasteiger partial charge in [-0.05, 0) is 19.8 Å². The fourth-order valence-electron chi connectivity index (χ4n) is 2.01. The summed E-state index contributed by atoms with van der Waals surface area (Å²) >= 11 is 0. The van der Waals surface area contributed by atoms with Crippen LogP contribution in [0.25, 0.3) is 0 Å². The van der Waals surface area contributed by atoms with Crippen molar-refractivity contribution in [1.82, 2.24) is 9.78 Å². The molecule has 0 fully saturated rings. The first-order valence-electron chi connectivity index (χ1n) is 6.20. The van der Waals surface area contributed by atoms with Gasteiger partial charge < -0.3 is 10.6 Å². The van der Waals surface area contributed by atoms with Gasteiger partial charge in [0.05, 0.1) is 11.4 Å². The minimum atomic E-state index is -4.28. The minimum absolute atomic E-state index is 0.0693. The van der Waals surface area contributed by atoms with Gasteiger partial charge in [-0.3, -0.25) is 4.68 Å². The van der Waals surface area contributed by atoms with Crippen LogP contribution >= 0.6 is 0 Å². The minimum Gasteiger partial charge on any atom is -0.394 e. The van der Waals surface area contributed by atoms with Gasteiger partial charge in [-0.1, -0.05) is 13.8 Å². The van der Waals surface area contributed by atoms with E-state index in [-0.39, 0.29) is 12.0 Å². The number of rotatable bonds is 4. The number of nitrogens with two attached hydrogens (primary N) is 1. The molecule has 0 bridgehead atoms. The molecular formula is C12H21F3N4. The van der Waals surface area contributed by atoms with Gasteiger partial charge in [-0.2, -0.15) is 18.3 Å². The molecule has 0 aliphatic heterocycles. The number of anilines is 2.